The van der Waals surface area contributed by atoms with Gasteiger partial charge in [-0.3, -0.25) is 0 Å². The largest absolute Gasteiger partial charge is 0.370 e. The lowest BCUT2D eigenvalue weighted by Gasteiger charge is -2.12. The molecular formula is C21H19BCl2FN5O2S. The van der Waals surface area contributed by atoms with E-state index in [2.05, 4.69) is 15.1 Å². The molecule has 0 amide bonds. The lowest BCUT2D eigenvalue weighted by molar-refractivity contribution is 0.579. The molecule has 0 saturated carbocycles. The van der Waals surface area contributed by atoms with Gasteiger partial charge in [0.25, 0.3) is 0 Å². The molecular weight excluding hydrogens is 487 g/mol. The lowest BCUT2D eigenvalue weighted by Crippen LogP contribution is -2.26. The number of anilines is 1. The van der Waals surface area contributed by atoms with Gasteiger partial charge in [-0.2, -0.15) is 9.61 Å². The second-order valence-electron chi connectivity index (χ2n) is 7.32. The minimum absolute atomic E-state index is 0.0888. The van der Waals surface area contributed by atoms with Crippen molar-refractivity contribution in [2.24, 2.45) is 0 Å². The van der Waals surface area contributed by atoms with Crippen molar-refractivity contribution in [2.45, 2.75) is 11.3 Å². The van der Waals surface area contributed by atoms with E-state index in [1.807, 2.05) is 32.1 Å². The van der Waals surface area contributed by atoms with Gasteiger partial charge in [-0.25, -0.2) is 22.5 Å². The van der Waals surface area contributed by atoms with E-state index in [4.69, 9.17) is 28.2 Å². The van der Waals surface area contributed by atoms with Gasteiger partial charge in [0.2, 0.25) is 10.0 Å². The van der Waals surface area contributed by atoms with Gasteiger partial charge in [-0.05, 0) is 36.1 Å². The highest BCUT2D eigenvalue weighted by molar-refractivity contribution is 7.89. The van der Waals surface area contributed by atoms with Gasteiger partial charge in [0, 0.05) is 35.9 Å². The molecule has 12 heteroatoms. The van der Waals surface area contributed by atoms with Gasteiger partial charge in [0.1, 0.15) is 19.5 Å². The number of benzene rings is 2. The molecule has 33 heavy (non-hydrogen) atoms. The molecule has 0 bridgehead atoms. The van der Waals surface area contributed by atoms with Crippen molar-refractivity contribution in [1.82, 2.24) is 19.3 Å². The van der Waals surface area contributed by atoms with Crippen LogP contribution in [0.1, 0.15) is 6.42 Å². The normalized spacial score (nSPS) is 11.7. The van der Waals surface area contributed by atoms with Crippen LogP contribution in [-0.4, -0.2) is 44.0 Å². The third kappa shape index (κ3) is 5.14. The third-order valence-corrected chi connectivity index (χ3v) is 7.03. The Morgan fingerprint density at radius 1 is 1.06 bits per heavy atom. The van der Waals surface area contributed by atoms with E-state index < -0.39 is 15.8 Å². The number of aromatic nitrogens is 3. The van der Waals surface area contributed by atoms with Crippen molar-refractivity contribution in [1.29, 1.82) is 0 Å². The average Bonchev–Trinajstić information content (AvgIpc) is 3.16. The van der Waals surface area contributed by atoms with Gasteiger partial charge < -0.3 is 5.32 Å². The van der Waals surface area contributed by atoms with Crippen LogP contribution >= 0.6 is 23.2 Å². The van der Waals surface area contributed by atoms with Crippen molar-refractivity contribution < 1.29 is 12.8 Å². The molecule has 0 aliphatic heterocycles. The van der Waals surface area contributed by atoms with Gasteiger partial charge >= 0.3 is 0 Å². The fraction of sp³-hybridized carbons (Fsp3) is 0.143. The summed E-state index contributed by atoms with van der Waals surface area (Å²) in [6.45, 7) is 0.640. The number of rotatable bonds is 8. The molecule has 170 valence electrons. The summed E-state index contributed by atoms with van der Waals surface area (Å²) in [5.74, 6) is 0.0321. The van der Waals surface area contributed by atoms with Crippen molar-refractivity contribution in [3.05, 3.63) is 70.6 Å². The molecule has 2 N–H and O–H groups in total. The summed E-state index contributed by atoms with van der Waals surface area (Å²) in [6, 6.07) is 12.6. The molecule has 4 aromatic rings. The highest BCUT2D eigenvalue weighted by Gasteiger charge is 2.16. The standard InChI is InChI=1S/C21H19BCl2FN5O2S/c22-15-12-27-30-20(11-19(29-21(15)30)14-4-1-2-5-16(14)23)26-8-3-9-28-33(31,32)13-6-7-18(25)17(24)10-13/h1-2,4-7,10-12,26,28H,3,8-9,22H2. The number of nitrogens with zero attached hydrogens (tertiary/aromatic N) is 3. The maximum atomic E-state index is 13.3. The summed E-state index contributed by atoms with van der Waals surface area (Å²) < 4.78 is 42.3. The molecule has 0 spiro atoms. The van der Waals surface area contributed by atoms with Crippen LogP contribution in [0.4, 0.5) is 10.2 Å². The Morgan fingerprint density at radius 2 is 1.85 bits per heavy atom. The van der Waals surface area contributed by atoms with Crippen LogP contribution in [0.2, 0.25) is 10.0 Å². The zero-order chi connectivity index (χ0) is 23.6. The quantitative estimate of drug-likeness (QED) is 0.284. The van der Waals surface area contributed by atoms with Crippen molar-refractivity contribution in [3.63, 3.8) is 0 Å². The summed E-state index contributed by atoms with van der Waals surface area (Å²) in [5.41, 5.74) is 3.12. The highest BCUT2D eigenvalue weighted by Crippen LogP contribution is 2.28. The fourth-order valence-corrected chi connectivity index (χ4v) is 4.82. The van der Waals surface area contributed by atoms with Crippen molar-refractivity contribution >= 4 is 58.0 Å². The Balaban J connectivity index is 1.45. The minimum Gasteiger partial charge on any atom is -0.370 e. The minimum atomic E-state index is -3.79. The molecule has 7 nitrogen and oxygen atoms in total. The van der Waals surface area contributed by atoms with Gasteiger partial charge in [0.05, 0.1) is 15.6 Å². The Labute approximate surface area is 201 Å². The van der Waals surface area contributed by atoms with E-state index in [9.17, 15) is 12.8 Å². The number of sulfonamides is 1. The average molecular weight is 506 g/mol. The Hall–Kier alpha value is -2.66. The first-order valence-electron chi connectivity index (χ1n) is 10.0. The lowest BCUT2D eigenvalue weighted by atomic mass is 10.0. The SMILES string of the molecule is Bc1cnn2c(NCCCNS(=O)(=O)c3ccc(F)c(Cl)c3)cc(-c3ccccc3Cl)nc12. The molecule has 0 unspecified atom stereocenters. The molecule has 2 aromatic heterocycles. The molecule has 4 rings (SSSR count). The first kappa shape index (κ1) is 23.5. The molecule has 0 aliphatic carbocycles. The first-order chi connectivity index (χ1) is 15.8. The first-order valence-corrected chi connectivity index (χ1v) is 12.3. The van der Waals surface area contributed by atoms with Crippen molar-refractivity contribution in [2.75, 3.05) is 18.4 Å². The summed E-state index contributed by atoms with van der Waals surface area (Å²) >= 11 is 12.0. The molecule has 0 saturated heterocycles. The molecule has 0 aliphatic rings. The number of hydrogen-bond donors (Lipinski definition) is 2. The number of hydrogen-bond acceptors (Lipinski definition) is 5. The van der Waals surface area contributed by atoms with E-state index in [1.165, 1.54) is 6.07 Å². The summed E-state index contributed by atoms with van der Waals surface area (Å²) in [6.07, 6.45) is 2.21. The van der Waals surface area contributed by atoms with Crippen LogP contribution in [0.15, 0.2) is 59.6 Å². The van der Waals surface area contributed by atoms with Gasteiger partial charge in [-0.15, -0.1) is 0 Å². The molecule has 0 fully saturated rings. The number of fused-ring (bicyclic) bond motifs is 1. The zero-order valence-electron chi connectivity index (χ0n) is 17.5. The summed E-state index contributed by atoms with van der Waals surface area (Å²) in [7, 11) is -1.87. The Morgan fingerprint density at radius 3 is 2.61 bits per heavy atom. The van der Waals surface area contributed by atoms with Gasteiger partial charge in [0.15, 0.2) is 5.65 Å². The van der Waals surface area contributed by atoms with E-state index in [0.29, 0.717) is 35.1 Å². The number of nitrogens with one attached hydrogen (secondary N) is 2. The van der Waals surface area contributed by atoms with Crippen LogP contribution in [-0.2, 0) is 10.0 Å². The zero-order valence-corrected chi connectivity index (χ0v) is 19.8. The smallest absolute Gasteiger partial charge is 0.240 e. The summed E-state index contributed by atoms with van der Waals surface area (Å²) in [4.78, 5) is 4.61. The predicted octanol–water partition coefficient (Wildman–Crippen LogP) is 2.88. The highest BCUT2D eigenvalue weighted by atomic mass is 35.5. The fourth-order valence-electron chi connectivity index (χ4n) is 3.24. The van der Waals surface area contributed by atoms with E-state index >= 15 is 0 Å². The van der Waals surface area contributed by atoms with E-state index in [1.54, 1.807) is 16.8 Å². The topological polar surface area (TPSA) is 88.4 Å². The van der Waals surface area contributed by atoms with Crippen LogP contribution in [0.5, 0.6) is 0 Å². The van der Waals surface area contributed by atoms with Crippen LogP contribution in [0, 0.1) is 5.82 Å². The monoisotopic (exact) mass is 505 g/mol. The van der Waals surface area contributed by atoms with Crippen LogP contribution < -0.4 is 15.5 Å². The Bertz CT molecular complexity index is 1430. The molecule has 2 aromatic carbocycles. The van der Waals surface area contributed by atoms with Crippen molar-refractivity contribution in [3.8, 4) is 11.3 Å². The van der Waals surface area contributed by atoms with E-state index in [0.717, 1.165) is 23.2 Å². The van der Waals surface area contributed by atoms with Gasteiger partial charge in [-0.1, -0.05) is 41.4 Å². The Kier molecular flexibility index (Phi) is 6.90. The van der Waals surface area contributed by atoms with Crippen LogP contribution in [0.3, 0.4) is 0 Å². The maximum Gasteiger partial charge on any atom is 0.240 e. The second kappa shape index (κ2) is 9.68. The predicted molar refractivity (Wildman–Crippen MR) is 131 cm³/mol. The summed E-state index contributed by atoms with van der Waals surface area (Å²) in [5, 5.41) is 8.00. The molecule has 0 radical (unpaired) electrons. The molecule has 2 heterocycles. The van der Waals surface area contributed by atoms with Crippen LogP contribution in [0.25, 0.3) is 16.9 Å². The second-order valence-corrected chi connectivity index (χ2v) is 9.90. The molecule has 0 atom stereocenters. The maximum absolute atomic E-state index is 13.3. The van der Waals surface area contributed by atoms with E-state index in [-0.39, 0.29) is 16.5 Å². The third-order valence-electron chi connectivity index (χ3n) is 4.95. The number of halogens is 3.